The average molecular weight is 401 g/mol. The maximum absolute atomic E-state index is 13.1. The second-order valence-corrected chi connectivity index (χ2v) is 9.34. The summed E-state index contributed by atoms with van der Waals surface area (Å²) in [5, 5.41) is 2.85. The van der Waals surface area contributed by atoms with E-state index in [0.717, 1.165) is 19.3 Å². The van der Waals surface area contributed by atoms with Crippen LogP contribution in [0, 0.1) is 29.0 Å². The summed E-state index contributed by atoms with van der Waals surface area (Å²) in [6.07, 6.45) is 5.49. The molecule has 4 aliphatic carbocycles. The van der Waals surface area contributed by atoms with E-state index in [-0.39, 0.29) is 16.9 Å². The number of hydrogen-bond donors (Lipinski definition) is 1. The molecule has 1 N–H and O–H groups in total. The monoisotopic (exact) mass is 401 g/mol. The first-order valence-electron chi connectivity index (χ1n) is 10.6. The zero-order chi connectivity index (χ0) is 20.8. The lowest BCUT2D eigenvalue weighted by Gasteiger charge is -2.55. The minimum absolute atomic E-state index is 0.0430. The number of ketones is 1. The molecule has 0 aliphatic heterocycles. The van der Waals surface area contributed by atoms with Crippen LogP contribution >= 0.6 is 0 Å². The van der Waals surface area contributed by atoms with Crippen molar-refractivity contribution >= 4 is 17.7 Å². The van der Waals surface area contributed by atoms with Crippen LogP contribution in [0.4, 0.5) is 4.39 Å². The predicted octanol–water partition coefficient (Wildman–Crippen LogP) is 3.66. The second-order valence-electron chi connectivity index (χ2n) is 9.34. The number of carbonyl (C=O) groups is 3. The predicted molar refractivity (Wildman–Crippen MR) is 104 cm³/mol. The molecule has 0 spiro atoms. The van der Waals surface area contributed by atoms with Crippen LogP contribution in [0.15, 0.2) is 24.3 Å². The van der Waals surface area contributed by atoms with Crippen molar-refractivity contribution in [3.05, 3.63) is 35.6 Å². The van der Waals surface area contributed by atoms with Gasteiger partial charge in [0.1, 0.15) is 11.9 Å². The topological polar surface area (TPSA) is 72.5 Å². The van der Waals surface area contributed by atoms with Crippen LogP contribution in [0.3, 0.4) is 0 Å². The number of amides is 1. The Labute approximate surface area is 170 Å². The number of hydrogen-bond acceptors (Lipinski definition) is 4. The van der Waals surface area contributed by atoms with Crippen molar-refractivity contribution in [2.75, 3.05) is 0 Å². The number of carbonyl (C=O) groups excluding carboxylic acids is 3. The largest absolute Gasteiger partial charge is 0.453 e. The van der Waals surface area contributed by atoms with Gasteiger partial charge in [0.2, 0.25) is 11.7 Å². The van der Waals surface area contributed by atoms with Gasteiger partial charge in [-0.05, 0) is 94.4 Å². The van der Waals surface area contributed by atoms with Gasteiger partial charge < -0.3 is 10.1 Å². The van der Waals surface area contributed by atoms with Crippen LogP contribution in [-0.2, 0) is 14.3 Å². The Bertz CT molecular complexity index is 783. The lowest BCUT2D eigenvalue weighted by atomic mass is 9.49. The Morgan fingerprint density at radius 1 is 1.00 bits per heavy atom. The molecule has 29 heavy (non-hydrogen) atoms. The molecule has 4 bridgehead atoms. The molecule has 5 nitrogen and oxygen atoms in total. The fraction of sp³-hybridized carbons (Fsp3) is 0.609. The summed E-state index contributed by atoms with van der Waals surface area (Å²) in [6, 6.07) is 4.28. The molecule has 0 unspecified atom stereocenters. The van der Waals surface area contributed by atoms with Crippen LogP contribution in [0.5, 0.6) is 0 Å². The van der Waals surface area contributed by atoms with Crippen molar-refractivity contribution in [1.29, 1.82) is 0 Å². The molecule has 156 valence electrons. The van der Waals surface area contributed by atoms with Gasteiger partial charge in [0, 0.05) is 11.0 Å². The number of nitrogens with one attached hydrogen (secondary N) is 1. The van der Waals surface area contributed by atoms with Gasteiger partial charge in [-0.1, -0.05) is 0 Å². The highest BCUT2D eigenvalue weighted by molar-refractivity contribution is 6.00. The minimum atomic E-state index is -1.01. The maximum Gasteiger partial charge on any atom is 0.329 e. The Hall–Kier alpha value is -2.24. The van der Waals surface area contributed by atoms with Crippen LogP contribution in [0.1, 0.15) is 62.7 Å². The summed E-state index contributed by atoms with van der Waals surface area (Å²) >= 11 is 0. The number of halogens is 1. The third kappa shape index (κ3) is 3.94. The lowest BCUT2D eigenvalue weighted by molar-refractivity contribution is -0.155. The zero-order valence-electron chi connectivity index (χ0n) is 16.9. The number of benzene rings is 1. The molecule has 0 heterocycles. The fourth-order valence-corrected chi connectivity index (χ4v) is 5.98. The van der Waals surface area contributed by atoms with E-state index in [0.29, 0.717) is 17.8 Å². The van der Waals surface area contributed by atoms with E-state index in [9.17, 15) is 18.8 Å². The quantitative estimate of drug-likeness (QED) is 0.583. The highest BCUT2D eigenvalue weighted by Gasteiger charge is 2.54. The minimum Gasteiger partial charge on any atom is -0.453 e. The SMILES string of the molecule is C[C@H](NC(=O)C12CC3CC(CC(C3)C1)C2)C(=O)O[C@H](C)C(=O)c1ccc(F)cc1. The molecule has 4 saturated carbocycles. The highest BCUT2D eigenvalue weighted by Crippen LogP contribution is 2.60. The van der Waals surface area contributed by atoms with Crippen LogP contribution in [0.2, 0.25) is 0 Å². The molecule has 4 fully saturated rings. The van der Waals surface area contributed by atoms with E-state index in [1.807, 2.05) is 0 Å². The van der Waals surface area contributed by atoms with Crippen molar-refractivity contribution < 1.29 is 23.5 Å². The average Bonchev–Trinajstić information content (AvgIpc) is 2.66. The third-order valence-corrected chi connectivity index (χ3v) is 7.01. The van der Waals surface area contributed by atoms with Gasteiger partial charge in [0.25, 0.3) is 0 Å². The Balaban J connectivity index is 1.34. The smallest absolute Gasteiger partial charge is 0.329 e. The van der Waals surface area contributed by atoms with Gasteiger partial charge in [0.15, 0.2) is 6.10 Å². The molecule has 0 aromatic heterocycles. The normalized spacial score (nSPS) is 31.8. The van der Waals surface area contributed by atoms with E-state index < -0.39 is 29.7 Å². The Morgan fingerprint density at radius 3 is 2.03 bits per heavy atom. The number of ether oxygens (including phenoxy) is 1. The van der Waals surface area contributed by atoms with Gasteiger partial charge in [-0.2, -0.15) is 0 Å². The number of rotatable bonds is 6. The first-order chi connectivity index (χ1) is 13.8. The Kier molecular flexibility index (Phi) is 5.21. The molecule has 0 saturated heterocycles. The lowest BCUT2D eigenvalue weighted by Crippen LogP contribution is -2.56. The van der Waals surface area contributed by atoms with Gasteiger partial charge in [-0.15, -0.1) is 0 Å². The standard InChI is InChI=1S/C23H28FNO4/c1-13(21(27)29-14(2)20(26)18-3-5-19(24)6-4-18)25-22(28)23-10-15-7-16(11-23)9-17(8-15)12-23/h3-6,13-17H,7-12H2,1-2H3,(H,25,28)/t13-,14+,15?,16?,17?,23?/m0/s1. The molecule has 2 atom stereocenters. The number of esters is 1. The summed E-state index contributed by atoms with van der Waals surface area (Å²) in [5.41, 5.74) is -0.0595. The van der Waals surface area contributed by atoms with Crippen molar-refractivity contribution in [2.24, 2.45) is 23.2 Å². The molecule has 0 radical (unpaired) electrons. The highest BCUT2D eigenvalue weighted by atomic mass is 19.1. The fourth-order valence-electron chi connectivity index (χ4n) is 5.98. The maximum atomic E-state index is 13.1. The second kappa shape index (κ2) is 7.54. The van der Waals surface area contributed by atoms with E-state index >= 15 is 0 Å². The van der Waals surface area contributed by atoms with Gasteiger partial charge >= 0.3 is 5.97 Å². The number of Topliss-reactive ketones (excluding diaryl/α,β-unsaturated/α-hetero) is 1. The molecule has 1 aromatic carbocycles. The molecule has 1 aromatic rings. The van der Waals surface area contributed by atoms with E-state index in [1.165, 1.54) is 50.5 Å². The molecule has 4 aliphatic rings. The van der Waals surface area contributed by atoms with E-state index in [2.05, 4.69) is 5.32 Å². The zero-order valence-corrected chi connectivity index (χ0v) is 16.9. The van der Waals surface area contributed by atoms with Gasteiger partial charge in [-0.25, -0.2) is 9.18 Å². The Morgan fingerprint density at radius 2 is 1.52 bits per heavy atom. The summed E-state index contributed by atoms with van der Waals surface area (Å²) in [5.74, 6) is 0.405. The molecule has 5 rings (SSSR count). The van der Waals surface area contributed by atoms with Crippen molar-refractivity contribution in [2.45, 2.75) is 64.5 Å². The van der Waals surface area contributed by atoms with Gasteiger partial charge in [-0.3, -0.25) is 9.59 Å². The summed E-state index contributed by atoms with van der Waals surface area (Å²) in [6.45, 7) is 3.08. The molecular weight excluding hydrogens is 373 g/mol. The summed E-state index contributed by atoms with van der Waals surface area (Å²) in [4.78, 5) is 37.9. The van der Waals surface area contributed by atoms with Crippen molar-refractivity contribution in [3.63, 3.8) is 0 Å². The van der Waals surface area contributed by atoms with Gasteiger partial charge in [0.05, 0.1) is 0 Å². The van der Waals surface area contributed by atoms with E-state index in [1.54, 1.807) is 6.92 Å². The molecule has 1 amide bonds. The van der Waals surface area contributed by atoms with Crippen LogP contribution in [-0.4, -0.2) is 29.8 Å². The third-order valence-electron chi connectivity index (χ3n) is 7.01. The van der Waals surface area contributed by atoms with Crippen molar-refractivity contribution in [3.8, 4) is 0 Å². The van der Waals surface area contributed by atoms with Crippen molar-refractivity contribution in [1.82, 2.24) is 5.32 Å². The molecular formula is C23H28FNO4. The van der Waals surface area contributed by atoms with E-state index in [4.69, 9.17) is 4.74 Å². The summed E-state index contributed by atoms with van der Waals surface area (Å²) in [7, 11) is 0. The summed E-state index contributed by atoms with van der Waals surface area (Å²) < 4.78 is 18.3. The van der Waals surface area contributed by atoms with Crippen LogP contribution < -0.4 is 5.32 Å². The van der Waals surface area contributed by atoms with Crippen LogP contribution in [0.25, 0.3) is 0 Å². The first kappa shape index (κ1) is 20.0. The first-order valence-corrected chi connectivity index (χ1v) is 10.6. The molecule has 6 heteroatoms.